The van der Waals surface area contributed by atoms with Gasteiger partial charge in [-0.15, -0.1) is 22.2 Å². The molecule has 7 heteroatoms. The molecule has 0 radical (unpaired) electrons. The summed E-state index contributed by atoms with van der Waals surface area (Å²) >= 11 is 1.58. The van der Waals surface area contributed by atoms with Gasteiger partial charge in [0.05, 0.1) is 10.5 Å². The predicted octanol–water partition coefficient (Wildman–Crippen LogP) is 2.59. The molecule has 0 bridgehead atoms. The summed E-state index contributed by atoms with van der Waals surface area (Å²) in [4.78, 5) is 21.6. The molecule has 5 nitrogen and oxygen atoms in total. The van der Waals surface area contributed by atoms with Gasteiger partial charge in [-0.2, -0.15) is 0 Å². The number of thiol groups is 1. The Morgan fingerprint density at radius 1 is 1.00 bits per heavy atom. The first-order valence-electron chi connectivity index (χ1n) is 5.68. The van der Waals surface area contributed by atoms with Crippen LogP contribution >= 0.6 is 22.2 Å². The van der Waals surface area contributed by atoms with Gasteiger partial charge in [-0.3, -0.25) is 0 Å². The number of aromatic nitrogens is 5. The Balaban J connectivity index is 1.95. The van der Waals surface area contributed by atoms with Gasteiger partial charge in [0, 0.05) is 11.3 Å². The third-order valence-electron chi connectivity index (χ3n) is 3.02. The maximum absolute atomic E-state index is 4.47. The second-order valence-corrected chi connectivity index (χ2v) is 6.82. The minimum Gasteiger partial charge on any atom is -0.241 e. The summed E-state index contributed by atoms with van der Waals surface area (Å²) in [5.74, 6) is 0. The predicted molar refractivity (Wildman–Crippen MR) is 76.5 cm³/mol. The van der Waals surface area contributed by atoms with E-state index in [0.717, 1.165) is 31.7 Å². The third kappa shape index (κ3) is 1.58. The van der Waals surface area contributed by atoms with Crippen LogP contribution in [0.1, 0.15) is 11.3 Å². The average molecular weight is 287 g/mol. The Morgan fingerprint density at radius 2 is 1.84 bits per heavy atom. The summed E-state index contributed by atoms with van der Waals surface area (Å²) < 4.78 is 1.06. The van der Waals surface area contributed by atoms with Crippen molar-refractivity contribution in [2.24, 2.45) is 0 Å². The van der Waals surface area contributed by atoms with Crippen molar-refractivity contribution in [3.05, 3.63) is 34.8 Å². The zero-order valence-electron chi connectivity index (χ0n) is 9.98. The molecule has 0 amide bonds. The number of hydrogen-bond donors (Lipinski definition) is 1. The lowest BCUT2D eigenvalue weighted by atomic mass is 10.2. The average Bonchev–Trinajstić information content (AvgIpc) is 3.05. The highest BCUT2D eigenvalue weighted by Crippen LogP contribution is 2.52. The van der Waals surface area contributed by atoms with E-state index in [1.807, 2.05) is 12.4 Å². The first-order chi connectivity index (χ1) is 9.34. The monoisotopic (exact) mass is 287 g/mol. The highest BCUT2D eigenvalue weighted by Gasteiger charge is 2.22. The molecule has 0 aromatic carbocycles. The van der Waals surface area contributed by atoms with Crippen LogP contribution in [0.4, 0.5) is 0 Å². The zero-order valence-corrected chi connectivity index (χ0v) is 11.7. The Labute approximate surface area is 115 Å². The van der Waals surface area contributed by atoms with Gasteiger partial charge in [-0.05, 0) is 18.4 Å². The Hall–Kier alpha value is -1.86. The molecule has 0 fully saturated rings. The maximum Gasteiger partial charge on any atom is 0.174 e. The van der Waals surface area contributed by atoms with E-state index >= 15 is 0 Å². The second-order valence-electron chi connectivity index (χ2n) is 4.08. The maximum atomic E-state index is 4.47. The molecule has 1 atom stereocenters. The van der Waals surface area contributed by atoms with Gasteiger partial charge >= 0.3 is 0 Å². The quantitative estimate of drug-likeness (QED) is 0.550. The molecular formula is C12H9N5S2. The topological polar surface area (TPSA) is 64.5 Å². The lowest BCUT2D eigenvalue weighted by Gasteiger charge is -2.13. The van der Waals surface area contributed by atoms with Gasteiger partial charge in [0.15, 0.2) is 5.65 Å². The van der Waals surface area contributed by atoms with E-state index in [1.54, 1.807) is 24.0 Å². The molecule has 3 aromatic rings. The molecule has 1 aliphatic heterocycles. The van der Waals surface area contributed by atoms with Crippen molar-refractivity contribution in [2.45, 2.75) is 17.0 Å². The molecule has 19 heavy (non-hydrogen) atoms. The minimum absolute atomic E-state index is 0.659. The molecule has 0 spiro atoms. The zero-order chi connectivity index (χ0) is 12.8. The molecule has 3 aromatic heterocycles. The molecule has 0 saturated carbocycles. The van der Waals surface area contributed by atoms with Crippen molar-refractivity contribution in [3.8, 4) is 0 Å². The highest BCUT2D eigenvalue weighted by atomic mass is 32.2. The molecule has 4 rings (SSSR count). The van der Waals surface area contributed by atoms with E-state index in [-0.39, 0.29) is 0 Å². The van der Waals surface area contributed by atoms with Crippen molar-refractivity contribution in [1.29, 1.82) is 0 Å². The molecule has 1 unspecified atom stereocenters. The molecule has 0 aliphatic carbocycles. The Morgan fingerprint density at radius 3 is 2.79 bits per heavy atom. The van der Waals surface area contributed by atoms with Crippen molar-refractivity contribution < 1.29 is 0 Å². The standard InChI is InChI=1S/C12H9N5S2/c1-7-8-2-3-19(11(8)15-4-13-7)12-9-10(14-5-16-12)17-6-18-9/h2-6,19H,1H3. The summed E-state index contributed by atoms with van der Waals surface area (Å²) in [6.07, 6.45) is 5.31. The van der Waals surface area contributed by atoms with E-state index in [0.29, 0.717) is 0 Å². The van der Waals surface area contributed by atoms with Crippen molar-refractivity contribution >= 4 is 38.7 Å². The fourth-order valence-corrected chi connectivity index (χ4v) is 5.13. The second kappa shape index (κ2) is 4.07. The molecule has 1 aliphatic rings. The van der Waals surface area contributed by atoms with Crippen LogP contribution in [-0.2, 0) is 0 Å². The molecule has 94 valence electrons. The van der Waals surface area contributed by atoms with E-state index in [9.17, 15) is 0 Å². The van der Waals surface area contributed by atoms with Crippen LogP contribution in [0.2, 0.25) is 0 Å². The van der Waals surface area contributed by atoms with E-state index in [4.69, 9.17) is 0 Å². The van der Waals surface area contributed by atoms with Crippen molar-refractivity contribution in [2.75, 3.05) is 0 Å². The van der Waals surface area contributed by atoms with Crippen LogP contribution in [0.5, 0.6) is 0 Å². The number of thiazole rings is 1. The lowest BCUT2D eigenvalue weighted by molar-refractivity contribution is 0.990. The minimum atomic E-state index is -0.659. The number of nitrogens with zero attached hydrogens (tertiary/aromatic N) is 5. The normalized spacial score (nSPS) is 18.9. The molecule has 4 heterocycles. The summed E-state index contributed by atoms with van der Waals surface area (Å²) in [7, 11) is -0.659. The van der Waals surface area contributed by atoms with Crippen molar-refractivity contribution in [1.82, 2.24) is 24.9 Å². The molecule has 0 saturated heterocycles. The molecule has 0 N–H and O–H groups in total. The summed E-state index contributed by atoms with van der Waals surface area (Å²) in [5, 5.41) is 4.30. The van der Waals surface area contributed by atoms with Gasteiger partial charge in [0.2, 0.25) is 0 Å². The van der Waals surface area contributed by atoms with E-state index in [2.05, 4.69) is 36.4 Å². The van der Waals surface area contributed by atoms with Gasteiger partial charge in [0.25, 0.3) is 0 Å². The number of aryl methyl sites for hydroxylation is 1. The first-order valence-corrected chi connectivity index (χ1v) is 7.97. The number of fused-ring (bicyclic) bond motifs is 2. The fraction of sp³-hybridized carbons (Fsp3) is 0.0833. The van der Waals surface area contributed by atoms with Gasteiger partial charge < -0.3 is 0 Å². The first kappa shape index (κ1) is 11.0. The van der Waals surface area contributed by atoms with Gasteiger partial charge in [-0.25, -0.2) is 24.9 Å². The fourth-order valence-electron chi connectivity index (χ4n) is 2.10. The van der Waals surface area contributed by atoms with Crippen molar-refractivity contribution in [3.63, 3.8) is 0 Å². The van der Waals surface area contributed by atoms with Crippen LogP contribution in [0.3, 0.4) is 0 Å². The Bertz CT molecular complexity index is 811. The number of rotatable bonds is 1. The van der Waals surface area contributed by atoms with Crippen LogP contribution in [0.25, 0.3) is 16.4 Å². The summed E-state index contributed by atoms with van der Waals surface area (Å²) in [6.45, 7) is 2.01. The van der Waals surface area contributed by atoms with Gasteiger partial charge in [-0.1, -0.05) is 0 Å². The largest absolute Gasteiger partial charge is 0.241 e. The number of hydrogen-bond acceptors (Lipinski definition) is 6. The SMILES string of the molecule is Cc1ncnc2c1C=C[SH]2c1ncnc2ncsc12. The highest BCUT2D eigenvalue weighted by molar-refractivity contribution is 8.20. The van der Waals surface area contributed by atoms with Crippen LogP contribution in [-0.4, -0.2) is 24.9 Å². The van der Waals surface area contributed by atoms with E-state index < -0.39 is 10.9 Å². The van der Waals surface area contributed by atoms with E-state index in [1.165, 1.54) is 0 Å². The summed E-state index contributed by atoms with van der Waals surface area (Å²) in [6, 6.07) is 0. The van der Waals surface area contributed by atoms with Crippen LogP contribution < -0.4 is 0 Å². The molecular weight excluding hydrogens is 278 g/mol. The Kier molecular flexibility index (Phi) is 2.36. The van der Waals surface area contributed by atoms with Crippen LogP contribution in [0, 0.1) is 6.92 Å². The summed E-state index contributed by atoms with van der Waals surface area (Å²) in [5.41, 5.74) is 4.72. The van der Waals surface area contributed by atoms with Crippen LogP contribution in [0.15, 0.2) is 33.6 Å². The van der Waals surface area contributed by atoms with Gasteiger partial charge in [0.1, 0.15) is 22.4 Å². The smallest absolute Gasteiger partial charge is 0.174 e. The lowest BCUT2D eigenvalue weighted by Crippen LogP contribution is -1.94. The third-order valence-corrected chi connectivity index (χ3v) is 6.05.